The van der Waals surface area contributed by atoms with Crippen LogP contribution < -0.4 is 0 Å². The second-order valence-corrected chi connectivity index (χ2v) is 6.37. The first-order valence-electron chi connectivity index (χ1n) is 8.84. The Morgan fingerprint density at radius 2 is 2.08 bits per heavy atom. The number of carbonyl (C=O) groups is 2. The van der Waals surface area contributed by atoms with E-state index in [0.717, 1.165) is 4.68 Å². The summed E-state index contributed by atoms with van der Waals surface area (Å²) in [5.41, 5.74) is 0.466. The van der Waals surface area contributed by atoms with Crippen LogP contribution >= 0.6 is 0 Å². The normalized spacial score (nSPS) is 18.0. The zero-order valence-electron chi connectivity index (χ0n) is 15.0. The van der Waals surface area contributed by atoms with Gasteiger partial charge in [-0.25, -0.2) is 0 Å². The van der Waals surface area contributed by atoms with Crippen LogP contribution in [-0.2, 0) is 22.5 Å². The minimum absolute atomic E-state index is 0.181. The van der Waals surface area contributed by atoms with Crippen LogP contribution in [0.3, 0.4) is 0 Å². The topological polar surface area (TPSA) is 64.4 Å². The third-order valence-corrected chi connectivity index (χ3v) is 4.32. The van der Waals surface area contributed by atoms with Crippen molar-refractivity contribution in [2.75, 3.05) is 19.7 Å². The van der Waals surface area contributed by atoms with E-state index in [4.69, 9.17) is 4.74 Å². The van der Waals surface area contributed by atoms with Crippen molar-refractivity contribution in [1.82, 2.24) is 14.7 Å². The highest BCUT2D eigenvalue weighted by atomic mass is 19.4. The molecule has 26 heavy (non-hydrogen) atoms. The van der Waals surface area contributed by atoms with Gasteiger partial charge in [-0.1, -0.05) is 13.3 Å². The van der Waals surface area contributed by atoms with Crippen molar-refractivity contribution in [3.63, 3.8) is 0 Å². The van der Waals surface area contributed by atoms with E-state index in [1.165, 1.54) is 11.1 Å². The zero-order valence-corrected chi connectivity index (χ0v) is 15.0. The summed E-state index contributed by atoms with van der Waals surface area (Å²) in [6, 6.07) is 0. The number of esters is 1. The Kier molecular flexibility index (Phi) is 6.66. The minimum Gasteiger partial charge on any atom is -0.466 e. The highest BCUT2D eigenvalue weighted by molar-refractivity contribution is 5.95. The summed E-state index contributed by atoms with van der Waals surface area (Å²) >= 11 is 0. The molecule has 0 unspecified atom stereocenters. The Morgan fingerprint density at radius 1 is 1.35 bits per heavy atom. The van der Waals surface area contributed by atoms with Crippen molar-refractivity contribution in [2.45, 2.75) is 52.3 Å². The third-order valence-electron chi connectivity index (χ3n) is 4.32. The molecule has 1 aromatic rings. The van der Waals surface area contributed by atoms with Gasteiger partial charge in [0, 0.05) is 13.1 Å². The lowest BCUT2D eigenvalue weighted by molar-refractivity contribution is -0.149. The maximum atomic E-state index is 12.8. The Bertz CT molecular complexity index is 643. The number of rotatable bonds is 6. The number of hydrogen-bond donors (Lipinski definition) is 0. The molecule has 0 aliphatic carbocycles. The Morgan fingerprint density at radius 3 is 2.69 bits per heavy atom. The lowest BCUT2D eigenvalue weighted by Gasteiger charge is -2.31. The Balaban J connectivity index is 2.19. The van der Waals surface area contributed by atoms with Crippen molar-refractivity contribution >= 4 is 11.9 Å². The first-order chi connectivity index (χ1) is 12.3. The molecule has 9 heteroatoms. The largest absolute Gasteiger partial charge is 0.466 e. The summed E-state index contributed by atoms with van der Waals surface area (Å²) in [4.78, 5) is 26.3. The van der Waals surface area contributed by atoms with Crippen molar-refractivity contribution in [3.8, 4) is 0 Å². The minimum atomic E-state index is -4.41. The van der Waals surface area contributed by atoms with E-state index < -0.39 is 18.6 Å². The molecule has 1 aliphatic rings. The number of ether oxygens (including phenoxy) is 1. The standard InChI is InChI=1S/C17H24F3N3O3/c1-3-6-14-13(9-21-23(14)11-17(18,19)20)15(24)22-8-5-7-12(10-22)16(25)26-4-2/h9,12H,3-8,10-11H2,1-2H3/t12-/m1/s1. The van der Waals surface area contributed by atoms with Crippen LogP contribution in [0.15, 0.2) is 6.20 Å². The van der Waals surface area contributed by atoms with Crippen LogP contribution in [0.4, 0.5) is 13.2 Å². The van der Waals surface area contributed by atoms with Crippen LogP contribution in [0.1, 0.15) is 49.2 Å². The van der Waals surface area contributed by atoms with Crippen molar-refractivity contribution < 1.29 is 27.5 Å². The molecule has 0 aromatic carbocycles. The third kappa shape index (κ3) is 4.98. The van der Waals surface area contributed by atoms with Gasteiger partial charge in [0.05, 0.1) is 30.0 Å². The Hall–Kier alpha value is -2.06. The molecule has 0 radical (unpaired) electrons. The van der Waals surface area contributed by atoms with Crippen LogP contribution in [-0.4, -0.2) is 52.4 Å². The summed E-state index contributed by atoms with van der Waals surface area (Å²) < 4.78 is 44.1. The molecule has 2 heterocycles. The van der Waals surface area contributed by atoms with Gasteiger partial charge < -0.3 is 9.64 Å². The molecule has 2 rings (SSSR count). The summed E-state index contributed by atoms with van der Waals surface area (Å²) in [5, 5.41) is 3.78. The van der Waals surface area contributed by atoms with Crippen LogP contribution in [0.25, 0.3) is 0 Å². The van der Waals surface area contributed by atoms with Crippen LogP contribution in [0.2, 0.25) is 0 Å². The predicted molar refractivity (Wildman–Crippen MR) is 87.5 cm³/mol. The number of halogens is 3. The molecule has 1 aliphatic heterocycles. The van der Waals surface area contributed by atoms with Gasteiger partial charge in [0.2, 0.25) is 0 Å². The van der Waals surface area contributed by atoms with Gasteiger partial charge >= 0.3 is 12.1 Å². The summed E-state index contributed by atoms with van der Waals surface area (Å²) in [6.45, 7) is 3.28. The highest BCUT2D eigenvalue weighted by Gasteiger charge is 2.34. The monoisotopic (exact) mass is 375 g/mol. The number of likely N-dealkylation sites (tertiary alicyclic amines) is 1. The van der Waals surface area contributed by atoms with Gasteiger partial charge in [0.15, 0.2) is 0 Å². The number of hydrogen-bond acceptors (Lipinski definition) is 4. The Labute approximate surface area is 150 Å². The molecule has 0 spiro atoms. The molecule has 146 valence electrons. The fourth-order valence-corrected chi connectivity index (χ4v) is 3.18. The fraction of sp³-hybridized carbons (Fsp3) is 0.706. The molecule has 1 atom stereocenters. The van der Waals surface area contributed by atoms with E-state index in [1.807, 2.05) is 6.92 Å². The average molecular weight is 375 g/mol. The van der Waals surface area contributed by atoms with Crippen LogP contribution in [0, 0.1) is 5.92 Å². The van der Waals surface area contributed by atoms with Gasteiger partial charge in [0.25, 0.3) is 5.91 Å². The van der Waals surface area contributed by atoms with Crippen LogP contribution in [0.5, 0.6) is 0 Å². The molecular weight excluding hydrogens is 351 g/mol. The molecule has 1 fully saturated rings. The van der Waals surface area contributed by atoms with Gasteiger partial charge in [0.1, 0.15) is 6.54 Å². The molecule has 0 saturated carbocycles. The van der Waals surface area contributed by atoms with Crippen molar-refractivity contribution in [3.05, 3.63) is 17.5 Å². The first kappa shape index (κ1) is 20.3. The SMILES string of the molecule is CCCc1c(C(=O)N2CCC[C@@H](C(=O)OCC)C2)cnn1CC(F)(F)F. The average Bonchev–Trinajstić information content (AvgIpc) is 2.95. The van der Waals surface area contributed by atoms with E-state index in [1.54, 1.807) is 6.92 Å². The molecule has 1 aromatic heterocycles. The molecule has 1 amide bonds. The maximum absolute atomic E-state index is 12.8. The van der Waals surface area contributed by atoms with Gasteiger partial charge in [-0.2, -0.15) is 18.3 Å². The number of amides is 1. The number of nitrogens with zero attached hydrogens (tertiary/aromatic N) is 3. The lowest BCUT2D eigenvalue weighted by Crippen LogP contribution is -2.43. The van der Waals surface area contributed by atoms with E-state index >= 15 is 0 Å². The summed E-state index contributed by atoms with van der Waals surface area (Å²) in [6.07, 6.45) is -1.00. The second kappa shape index (κ2) is 8.55. The van der Waals surface area contributed by atoms with Crippen molar-refractivity contribution in [2.24, 2.45) is 5.92 Å². The predicted octanol–water partition coefficient (Wildman–Crippen LogP) is 2.81. The molecular formula is C17H24F3N3O3. The molecule has 0 bridgehead atoms. The zero-order chi connectivity index (χ0) is 19.3. The summed E-state index contributed by atoms with van der Waals surface area (Å²) in [7, 11) is 0. The summed E-state index contributed by atoms with van der Waals surface area (Å²) in [5.74, 6) is -1.12. The van der Waals surface area contributed by atoms with Gasteiger partial charge in [-0.15, -0.1) is 0 Å². The van der Waals surface area contributed by atoms with Gasteiger partial charge in [-0.3, -0.25) is 14.3 Å². The van der Waals surface area contributed by atoms with E-state index in [-0.39, 0.29) is 36.3 Å². The smallest absolute Gasteiger partial charge is 0.408 e. The number of alkyl halides is 3. The van der Waals surface area contributed by atoms with E-state index in [9.17, 15) is 22.8 Å². The van der Waals surface area contributed by atoms with E-state index in [0.29, 0.717) is 32.2 Å². The molecule has 1 saturated heterocycles. The van der Waals surface area contributed by atoms with Crippen molar-refractivity contribution in [1.29, 1.82) is 0 Å². The number of aromatic nitrogens is 2. The quantitative estimate of drug-likeness (QED) is 0.718. The second-order valence-electron chi connectivity index (χ2n) is 6.37. The van der Waals surface area contributed by atoms with E-state index in [2.05, 4.69) is 5.10 Å². The maximum Gasteiger partial charge on any atom is 0.408 e. The highest BCUT2D eigenvalue weighted by Crippen LogP contribution is 2.24. The lowest BCUT2D eigenvalue weighted by atomic mass is 9.97. The van der Waals surface area contributed by atoms with Gasteiger partial charge in [-0.05, 0) is 26.2 Å². The fourth-order valence-electron chi connectivity index (χ4n) is 3.18. The number of carbonyl (C=O) groups excluding carboxylic acids is 2. The molecule has 0 N–H and O–H groups in total. The molecule has 6 nitrogen and oxygen atoms in total. The number of piperidine rings is 1. The first-order valence-corrected chi connectivity index (χ1v) is 8.84.